The van der Waals surface area contributed by atoms with Gasteiger partial charge in [-0.3, -0.25) is 0 Å². The minimum atomic E-state index is -0.106. The van der Waals surface area contributed by atoms with Gasteiger partial charge in [0.15, 0.2) is 0 Å². The molecule has 1 heterocycles. The molecule has 0 fully saturated rings. The summed E-state index contributed by atoms with van der Waals surface area (Å²) in [6.45, 7) is 9.51. The number of rotatable bonds is 5. The molecule has 0 aliphatic heterocycles. The van der Waals surface area contributed by atoms with Crippen molar-refractivity contribution in [3.05, 3.63) is 210 Å². The smallest absolute Gasteiger partial charge is 0.0465 e. The van der Waals surface area contributed by atoms with Crippen LogP contribution in [0.15, 0.2) is 188 Å². The van der Waals surface area contributed by atoms with Gasteiger partial charge in [0, 0.05) is 48.1 Å². The van der Waals surface area contributed by atoms with Gasteiger partial charge in [0.1, 0.15) is 0 Å². The Kier molecular flexibility index (Phi) is 7.56. The summed E-state index contributed by atoms with van der Waals surface area (Å²) in [5, 5.41) is 5.28. The second kappa shape index (κ2) is 12.9. The van der Waals surface area contributed by atoms with Crippen LogP contribution in [0.2, 0.25) is 0 Å². The van der Waals surface area contributed by atoms with Crippen molar-refractivity contribution in [2.45, 2.75) is 38.5 Å². The average Bonchev–Trinajstić information content (AvgIpc) is 3.87. The molecule has 0 bridgehead atoms. The van der Waals surface area contributed by atoms with E-state index in [4.69, 9.17) is 0 Å². The van der Waals surface area contributed by atoms with Crippen LogP contribution in [0.25, 0.3) is 75.5 Å². The summed E-state index contributed by atoms with van der Waals surface area (Å²) in [6, 6.07) is 70.4. The molecule has 60 heavy (non-hydrogen) atoms. The molecule has 0 atom stereocenters. The van der Waals surface area contributed by atoms with Crippen LogP contribution in [0.1, 0.15) is 49.9 Å². The highest BCUT2D eigenvalue weighted by atomic mass is 32.1. The summed E-state index contributed by atoms with van der Waals surface area (Å²) >= 11 is 1.89. The Bertz CT molecular complexity index is 3360. The highest BCUT2D eigenvalue weighted by Crippen LogP contribution is 2.55. The number of fused-ring (bicyclic) bond motifs is 11. The van der Waals surface area contributed by atoms with Crippen molar-refractivity contribution >= 4 is 59.3 Å². The topological polar surface area (TPSA) is 3.24 Å². The first-order chi connectivity index (χ1) is 29.3. The largest absolute Gasteiger partial charge is 0.310 e. The van der Waals surface area contributed by atoms with Gasteiger partial charge < -0.3 is 4.90 Å². The van der Waals surface area contributed by atoms with Gasteiger partial charge in [-0.1, -0.05) is 167 Å². The quantitative estimate of drug-likeness (QED) is 0.168. The monoisotopic (exact) mass is 785 g/mol. The van der Waals surface area contributed by atoms with E-state index in [1.807, 2.05) is 11.3 Å². The molecule has 2 aliphatic carbocycles. The van der Waals surface area contributed by atoms with Crippen molar-refractivity contribution in [1.82, 2.24) is 0 Å². The maximum Gasteiger partial charge on any atom is 0.0465 e. The maximum atomic E-state index is 2.44. The number of thiophene rings is 1. The third-order valence-corrected chi connectivity index (χ3v) is 14.9. The van der Waals surface area contributed by atoms with Crippen LogP contribution in [0.5, 0.6) is 0 Å². The Balaban J connectivity index is 1.01. The first kappa shape index (κ1) is 35.2. The van der Waals surface area contributed by atoms with Crippen LogP contribution in [-0.4, -0.2) is 0 Å². The van der Waals surface area contributed by atoms with Crippen LogP contribution in [-0.2, 0) is 10.8 Å². The Morgan fingerprint density at radius 2 is 0.933 bits per heavy atom. The van der Waals surface area contributed by atoms with Gasteiger partial charge >= 0.3 is 0 Å². The zero-order valence-corrected chi connectivity index (χ0v) is 35.1. The molecule has 10 aromatic rings. The van der Waals surface area contributed by atoms with E-state index in [0.29, 0.717) is 0 Å². The predicted molar refractivity (Wildman–Crippen MR) is 258 cm³/mol. The lowest BCUT2D eigenvalue weighted by Gasteiger charge is -2.28. The lowest BCUT2D eigenvalue weighted by molar-refractivity contribution is 0.660. The normalized spacial score (nSPS) is 14.3. The van der Waals surface area contributed by atoms with Gasteiger partial charge in [-0.05, 0) is 126 Å². The van der Waals surface area contributed by atoms with E-state index in [0.717, 1.165) is 17.1 Å². The molecular formula is C58H43NS. The van der Waals surface area contributed by atoms with E-state index in [1.165, 1.54) is 97.7 Å². The lowest BCUT2D eigenvalue weighted by atomic mass is 9.79. The number of nitrogens with zero attached hydrogens (tertiary/aromatic N) is 1. The van der Waals surface area contributed by atoms with Gasteiger partial charge in [0.2, 0.25) is 0 Å². The summed E-state index contributed by atoms with van der Waals surface area (Å²) in [4.78, 5) is 2.44. The molecule has 0 saturated heterocycles. The zero-order valence-electron chi connectivity index (χ0n) is 34.3. The molecule has 12 rings (SSSR count). The molecule has 1 aromatic heterocycles. The van der Waals surface area contributed by atoms with Crippen LogP contribution >= 0.6 is 11.3 Å². The standard InChI is InChI=1S/C58H43NS/c1-57(2)50-21-10-7-16-44(50)45-33-32-41(35-52(45)57)59(39-28-24-36(25-29-39)43-19-13-20-47-46-17-9-12-23-53(46)60-56(43)47)40-30-26-37(27-31-40)49-34-38-14-5-6-15-42(38)55-54(49)48-18-8-11-22-51(48)58(55,3)4/h5-35H,1-4H3. The fraction of sp³-hybridized carbons (Fsp3) is 0.103. The summed E-state index contributed by atoms with van der Waals surface area (Å²) in [7, 11) is 0. The first-order valence-electron chi connectivity index (χ1n) is 21.1. The minimum absolute atomic E-state index is 0.103. The second-order valence-electron chi connectivity index (χ2n) is 17.7. The molecule has 2 aliphatic rings. The number of hydrogen-bond acceptors (Lipinski definition) is 2. The predicted octanol–water partition coefficient (Wildman–Crippen LogP) is 16.6. The summed E-state index contributed by atoms with van der Waals surface area (Å²) in [6.07, 6.45) is 0. The highest BCUT2D eigenvalue weighted by Gasteiger charge is 2.39. The molecule has 0 spiro atoms. The van der Waals surface area contributed by atoms with Crippen molar-refractivity contribution in [2.24, 2.45) is 0 Å². The van der Waals surface area contributed by atoms with E-state index in [-0.39, 0.29) is 10.8 Å². The van der Waals surface area contributed by atoms with Gasteiger partial charge in [-0.15, -0.1) is 11.3 Å². The van der Waals surface area contributed by atoms with Gasteiger partial charge in [0.25, 0.3) is 0 Å². The van der Waals surface area contributed by atoms with Gasteiger partial charge in [-0.25, -0.2) is 0 Å². The molecule has 0 N–H and O–H groups in total. The summed E-state index contributed by atoms with van der Waals surface area (Å²) in [5.41, 5.74) is 19.2. The average molecular weight is 786 g/mol. The Morgan fingerprint density at radius 3 is 1.68 bits per heavy atom. The lowest BCUT2D eigenvalue weighted by Crippen LogP contribution is -2.16. The second-order valence-corrected chi connectivity index (χ2v) is 18.7. The third-order valence-electron chi connectivity index (χ3n) is 13.6. The van der Waals surface area contributed by atoms with Crippen molar-refractivity contribution in [1.29, 1.82) is 0 Å². The number of benzene rings is 9. The van der Waals surface area contributed by atoms with E-state index in [9.17, 15) is 0 Å². The Labute approximate surface area is 355 Å². The number of anilines is 3. The van der Waals surface area contributed by atoms with Gasteiger partial charge in [-0.2, -0.15) is 0 Å². The summed E-state index contributed by atoms with van der Waals surface area (Å²) < 4.78 is 2.67. The minimum Gasteiger partial charge on any atom is -0.310 e. The summed E-state index contributed by atoms with van der Waals surface area (Å²) in [5.74, 6) is 0. The maximum absolute atomic E-state index is 2.44. The van der Waals surface area contributed by atoms with Crippen LogP contribution in [0.3, 0.4) is 0 Å². The Hall–Kier alpha value is -6.74. The van der Waals surface area contributed by atoms with Crippen LogP contribution in [0, 0.1) is 0 Å². The first-order valence-corrected chi connectivity index (χ1v) is 21.9. The molecule has 9 aromatic carbocycles. The van der Waals surface area contributed by atoms with Crippen molar-refractivity contribution < 1.29 is 0 Å². The molecule has 0 radical (unpaired) electrons. The van der Waals surface area contributed by atoms with Crippen molar-refractivity contribution in [3.63, 3.8) is 0 Å². The Morgan fingerprint density at radius 1 is 0.383 bits per heavy atom. The van der Waals surface area contributed by atoms with Crippen molar-refractivity contribution in [2.75, 3.05) is 4.90 Å². The molecule has 0 unspecified atom stereocenters. The third kappa shape index (κ3) is 5.04. The van der Waals surface area contributed by atoms with E-state index >= 15 is 0 Å². The molecule has 286 valence electrons. The van der Waals surface area contributed by atoms with E-state index < -0.39 is 0 Å². The molecule has 0 amide bonds. The molecular weight excluding hydrogens is 743 g/mol. The SMILES string of the molecule is CC1(C)c2ccccc2-c2ccc(N(c3ccc(-c4cc5ccccc5c5c4-c4ccccc4C5(C)C)cc3)c3ccc(-c4cccc5c4sc4ccccc45)cc3)cc21. The van der Waals surface area contributed by atoms with Crippen molar-refractivity contribution in [3.8, 4) is 44.5 Å². The van der Waals surface area contributed by atoms with Gasteiger partial charge in [0.05, 0.1) is 0 Å². The fourth-order valence-electron chi connectivity index (χ4n) is 10.7. The fourth-order valence-corrected chi connectivity index (χ4v) is 12.0. The molecule has 0 saturated carbocycles. The van der Waals surface area contributed by atoms with E-state index in [2.05, 4.69) is 221 Å². The molecule has 2 heteroatoms. The number of hydrogen-bond donors (Lipinski definition) is 0. The van der Waals surface area contributed by atoms with Crippen LogP contribution < -0.4 is 4.90 Å². The zero-order chi connectivity index (χ0) is 40.3. The molecule has 1 nitrogen and oxygen atoms in total. The highest BCUT2D eigenvalue weighted by molar-refractivity contribution is 7.26. The van der Waals surface area contributed by atoms with E-state index in [1.54, 1.807) is 0 Å². The van der Waals surface area contributed by atoms with Crippen LogP contribution in [0.4, 0.5) is 17.1 Å².